The molecule has 0 atom stereocenters. The van der Waals surface area contributed by atoms with Gasteiger partial charge in [-0.05, 0) is 68.9 Å². The number of fused-ring (bicyclic) bond motifs is 2. The Balaban J connectivity index is 1.56. The molecule has 0 aliphatic heterocycles. The summed E-state index contributed by atoms with van der Waals surface area (Å²) in [7, 11) is 1.70. The number of halogens is 1. The lowest BCUT2D eigenvalue weighted by molar-refractivity contribution is 0.295. The first-order chi connectivity index (χ1) is 15.2. The number of nitrogens with zero attached hydrogens (tertiary/aromatic N) is 2. The lowest BCUT2D eigenvalue weighted by Crippen LogP contribution is -2.23. The number of anilines is 1. The van der Waals surface area contributed by atoms with Crippen LogP contribution in [0.1, 0.15) is 52.4 Å². The van der Waals surface area contributed by atoms with Crippen LogP contribution in [0.25, 0.3) is 21.8 Å². The lowest BCUT2D eigenvalue weighted by atomic mass is 10.1. The van der Waals surface area contributed by atoms with Crippen LogP contribution in [0.3, 0.4) is 0 Å². The zero-order valence-corrected chi connectivity index (χ0v) is 20.0. The number of rotatable bonds is 13. The summed E-state index contributed by atoms with van der Waals surface area (Å²) in [6.45, 7) is 9.02. The highest BCUT2D eigenvalue weighted by Crippen LogP contribution is 2.34. The highest BCUT2D eigenvalue weighted by Gasteiger charge is 2.10. The number of benzene rings is 2. The van der Waals surface area contributed by atoms with Gasteiger partial charge < -0.3 is 15.0 Å². The molecule has 3 rings (SSSR count). The smallest absolute Gasteiger partial charge is 0.119 e. The molecule has 1 aromatic heterocycles. The second-order valence-corrected chi connectivity index (χ2v) is 8.54. The van der Waals surface area contributed by atoms with E-state index in [4.69, 9.17) is 21.3 Å². The summed E-state index contributed by atoms with van der Waals surface area (Å²) >= 11 is 6.22. The van der Waals surface area contributed by atoms with Gasteiger partial charge in [-0.2, -0.15) is 0 Å². The van der Waals surface area contributed by atoms with Crippen LogP contribution < -0.4 is 10.1 Å². The van der Waals surface area contributed by atoms with Crippen LogP contribution in [-0.4, -0.2) is 43.2 Å². The van der Waals surface area contributed by atoms with E-state index in [0.717, 1.165) is 39.8 Å². The average molecular weight is 442 g/mol. The van der Waals surface area contributed by atoms with Crippen molar-refractivity contribution < 1.29 is 4.74 Å². The molecule has 0 radical (unpaired) electrons. The van der Waals surface area contributed by atoms with Crippen molar-refractivity contribution in [1.29, 1.82) is 0 Å². The van der Waals surface area contributed by atoms with E-state index in [-0.39, 0.29) is 0 Å². The molecule has 0 fully saturated rings. The summed E-state index contributed by atoms with van der Waals surface area (Å²) in [5.74, 6) is 0.843. The molecule has 0 saturated carbocycles. The van der Waals surface area contributed by atoms with Gasteiger partial charge in [-0.15, -0.1) is 0 Å². The predicted molar refractivity (Wildman–Crippen MR) is 135 cm³/mol. The Labute approximate surface area is 191 Å². The zero-order valence-electron chi connectivity index (χ0n) is 19.2. The van der Waals surface area contributed by atoms with Gasteiger partial charge in [0.2, 0.25) is 0 Å². The third-order valence-corrected chi connectivity index (χ3v) is 6.28. The second-order valence-electron chi connectivity index (χ2n) is 8.11. The molecule has 5 heteroatoms. The molecule has 0 aliphatic rings. The van der Waals surface area contributed by atoms with E-state index in [1.807, 2.05) is 24.3 Å². The molecule has 0 saturated heterocycles. The van der Waals surface area contributed by atoms with Gasteiger partial charge >= 0.3 is 0 Å². The van der Waals surface area contributed by atoms with Crippen LogP contribution >= 0.6 is 11.6 Å². The number of methoxy groups -OCH3 is 1. The normalized spacial score (nSPS) is 11.5. The van der Waals surface area contributed by atoms with Gasteiger partial charge in [-0.25, -0.2) is 4.98 Å². The second kappa shape index (κ2) is 12.1. The fraction of sp³-hybridized carbons (Fsp3) is 0.500. The van der Waals surface area contributed by atoms with Crippen LogP contribution in [-0.2, 0) is 0 Å². The molecule has 31 heavy (non-hydrogen) atoms. The van der Waals surface area contributed by atoms with Crippen molar-refractivity contribution in [2.45, 2.75) is 52.4 Å². The number of pyridine rings is 1. The van der Waals surface area contributed by atoms with Gasteiger partial charge in [-0.1, -0.05) is 51.1 Å². The molecule has 168 valence electrons. The number of aromatic nitrogens is 1. The molecule has 1 heterocycles. The Bertz CT molecular complexity index is 972. The molecule has 1 N–H and O–H groups in total. The molecular formula is C26H36ClN3O. The van der Waals surface area contributed by atoms with Crippen molar-refractivity contribution >= 4 is 39.1 Å². The maximum atomic E-state index is 6.22. The van der Waals surface area contributed by atoms with Crippen molar-refractivity contribution in [3.05, 3.63) is 41.4 Å². The van der Waals surface area contributed by atoms with E-state index in [2.05, 4.69) is 36.2 Å². The average Bonchev–Trinajstić information content (AvgIpc) is 2.79. The van der Waals surface area contributed by atoms with Gasteiger partial charge in [-0.3, -0.25) is 0 Å². The monoisotopic (exact) mass is 441 g/mol. The first kappa shape index (κ1) is 23.6. The van der Waals surface area contributed by atoms with E-state index >= 15 is 0 Å². The zero-order chi connectivity index (χ0) is 22.1. The van der Waals surface area contributed by atoms with Gasteiger partial charge in [0.05, 0.1) is 23.8 Å². The SMILES string of the molecule is CCN(CC)CCCCCCCCNc1c2ccc(Cl)cc2nc2ccc(OC)cc12. The third kappa shape index (κ3) is 6.47. The lowest BCUT2D eigenvalue weighted by Gasteiger charge is -2.17. The number of hydrogen-bond acceptors (Lipinski definition) is 4. The number of unbranched alkanes of at least 4 members (excludes halogenated alkanes) is 5. The molecule has 3 aromatic rings. The Kier molecular flexibility index (Phi) is 9.23. The molecule has 0 aliphatic carbocycles. The summed E-state index contributed by atoms with van der Waals surface area (Å²) in [5, 5.41) is 6.58. The minimum atomic E-state index is 0.708. The van der Waals surface area contributed by atoms with Crippen LogP contribution in [0.15, 0.2) is 36.4 Å². The third-order valence-electron chi connectivity index (χ3n) is 6.04. The Morgan fingerprint density at radius 1 is 0.871 bits per heavy atom. The van der Waals surface area contributed by atoms with Crippen molar-refractivity contribution in [1.82, 2.24) is 9.88 Å². The van der Waals surface area contributed by atoms with E-state index in [0.29, 0.717) is 5.02 Å². The predicted octanol–water partition coefficient (Wildman–Crippen LogP) is 7.14. The van der Waals surface area contributed by atoms with Crippen molar-refractivity contribution in [3.8, 4) is 5.75 Å². The summed E-state index contributed by atoms with van der Waals surface area (Å²) in [6.07, 6.45) is 7.72. The summed E-state index contributed by atoms with van der Waals surface area (Å²) in [5.41, 5.74) is 2.99. The highest BCUT2D eigenvalue weighted by atomic mass is 35.5. The minimum Gasteiger partial charge on any atom is -0.497 e. The van der Waals surface area contributed by atoms with E-state index in [1.165, 1.54) is 58.2 Å². The summed E-state index contributed by atoms with van der Waals surface area (Å²) in [4.78, 5) is 7.31. The fourth-order valence-corrected chi connectivity index (χ4v) is 4.30. The first-order valence-corrected chi connectivity index (χ1v) is 12.1. The molecular weight excluding hydrogens is 406 g/mol. The number of nitrogens with one attached hydrogen (secondary N) is 1. The van der Waals surface area contributed by atoms with Crippen molar-refractivity contribution in [2.75, 3.05) is 38.6 Å². The van der Waals surface area contributed by atoms with E-state index < -0.39 is 0 Å². The molecule has 4 nitrogen and oxygen atoms in total. The van der Waals surface area contributed by atoms with E-state index in [1.54, 1.807) is 7.11 Å². The van der Waals surface area contributed by atoms with Gasteiger partial charge in [0.25, 0.3) is 0 Å². The largest absolute Gasteiger partial charge is 0.497 e. The standard InChI is InChI=1S/C26H36ClN3O/c1-4-30(5-2)17-11-9-7-6-8-10-16-28-26-22-14-12-20(27)18-25(22)29-24-15-13-21(31-3)19-23(24)26/h12-15,18-19H,4-11,16-17H2,1-3H3,(H,28,29). The van der Waals surface area contributed by atoms with Crippen LogP contribution in [0.4, 0.5) is 5.69 Å². The van der Waals surface area contributed by atoms with Crippen molar-refractivity contribution in [3.63, 3.8) is 0 Å². The maximum absolute atomic E-state index is 6.22. The minimum absolute atomic E-state index is 0.708. The molecule has 0 bridgehead atoms. The maximum Gasteiger partial charge on any atom is 0.119 e. The highest BCUT2D eigenvalue weighted by molar-refractivity contribution is 6.31. The Morgan fingerprint density at radius 2 is 1.61 bits per heavy atom. The molecule has 2 aromatic carbocycles. The fourth-order valence-electron chi connectivity index (χ4n) is 4.13. The van der Waals surface area contributed by atoms with Crippen LogP contribution in [0.2, 0.25) is 5.02 Å². The quantitative estimate of drug-likeness (QED) is 0.226. The number of ether oxygens (including phenoxy) is 1. The van der Waals surface area contributed by atoms with Crippen molar-refractivity contribution in [2.24, 2.45) is 0 Å². The van der Waals surface area contributed by atoms with Gasteiger partial charge in [0.15, 0.2) is 0 Å². The van der Waals surface area contributed by atoms with Gasteiger partial charge in [0.1, 0.15) is 5.75 Å². The molecule has 0 spiro atoms. The van der Waals surface area contributed by atoms with Crippen LogP contribution in [0.5, 0.6) is 5.75 Å². The Morgan fingerprint density at radius 3 is 2.35 bits per heavy atom. The van der Waals surface area contributed by atoms with Gasteiger partial charge in [0, 0.05) is 22.3 Å². The summed E-state index contributed by atoms with van der Waals surface area (Å²) in [6, 6.07) is 12.0. The Hall–Kier alpha value is -2.04. The summed E-state index contributed by atoms with van der Waals surface area (Å²) < 4.78 is 5.45. The van der Waals surface area contributed by atoms with Crippen LogP contribution in [0, 0.1) is 0 Å². The first-order valence-electron chi connectivity index (χ1n) is 11.7. The number of hydrogen-bond donors (Lipinski definition) is 1. The van der Waals surface area contributed by atoms with E-state index in [9.17, 15) is 0 Å². The molecule has 0 unspecified atom stereocenters. The topological polar surface area (TPSA) is 37.4 Å². The molecule has 0 amide bonds.